The van der Waals surface area contributed by atoms with Crippen molar-refractivity contribution in [2.45, 2.75) is 30.6 Å². The minimum Gasteiger partial charge on any atom is -0.463 e. The third kappa shape index (κ3) is 2.83. The van der Waals surface area contributed by atoms with Crippen molar-refractivity contribution in [1.82, 2.24) is 4.31 Å². The van der Waals surface area contributed by atoms with E-state index in [9.17, 15) is 13.2 Å². The summed E-state index contributed by atoms with van der Waals surface area (Å²) in [5.41, 5.74) is 1.27. The number of rotatable bonds is 5. The van der Waals surface area contributed by atoms with Gasteiger partial charge in [0.05, 0.1) is 11.5 Å². The van der Waals surface area contributed by atoms with E-state index in [4.69, 9.17) is 4.74 Å². The number of hydrogen-bond acceptors (Lipinski definition) is 4. The SMILES string of the molecule is CCOC(=O)C1(F)C(c2ccccc2)N1S(=O)(=O)c1ccc(C)cc1. The molecule has 0 bridgehead atoms. The predicted octanol–water partition coefficient (Wildman–Crippen LogP) is 2.97. The molecule has 1 fully saturated rings. The number of aryl methyl sites for hydroxylation is 1. The number of carbonyl (C=O) groups is 1. The number of hydrogen-bond donors (Lipinski definition) is 0. The quantitative estimate of drug-likeness (QED) is 0.465. The molecule has 2 aromatic rings. The highest BCUT2D eigenvalue weighted by atomic mass is 32.2. The summed E-state index contributed by atoms with van der Waals surface area (Å²) >= 11 is 0. The van der Waals surface area contributed by atoms with Crippen molar-refractivity contribution in [3.05, 3.63) is 65.7 Å². The number of ether oxygens (including phenoxy) is 1. The second-order valence-electron chi connectivity index (χ2n) is 5.82. The van der Waals surface area contributed by atoms with Crippen LogP contribution in [0.4, 0.5) is 4.39 Å². The lowest BCUT2D eigenvalue weighted by Gasteiger charge is -2.09. The fraction of sp³-hybridized carbons (Fsp3) is 0.278. The van der Waals surface area contributed by atoms with Gasteiger partial charge in [-0.1, -0.05) is 48.0 Å². The van der Waals surface area contributed by atoms with Crippen molar-refractivity contribution < 1.29 is 22.3 Å². The van der Waals surface area contributed by atoms with Gasteiger partial charge in [0.1, 0.15) is 6.04 Å². The maximum atomic E-state index is 15.4. The van der Waals surface area contributed by atoms with Crippen LogP contribution in [0.15, 0.2) is 59.5 Å². The molecule has 0 N–H and O–H groups in total. The van der Waals surface area contributed by atoms with Gasteiger partial charge >= 0.3 is 5.97 Å². The molecule has 3 rings (SSSR count). The van der Waals surface area contributed by atoms with Crippen molar-refractivity contribution in [2.75, 3.05) is 6.61 Å². The second kappa shape index (κ2) is 6.24. The Morgan fingerprint density at radius 2 is 1.76 bits per heavy atom. The molecule has 1 aliphatic heterocycles. The molecule has 0 amide bonds. The molecule has 7 heteroatoms. The number of sulfonamides is 1. The Labute approximate surface area is 146 Å². The normalized spacial score (nSPS) is 25.4. The monoisotopic (exact) mass is 363 g/mol. The molecule has 25 heavy (non-hydrogen) atoms. The molecule has 0 aromatic heterocycles. The Kier molecular flexibility index (Phi) is 4.38. The average Bonchev–Trinajstić information content (AvgIpc) is 3.25. The molecule has 0 aliphatic carbocycles. The van der Waals surface area contributed by atoms with Crippen LogP contribution in [0.5, 0.6) is 0 Å². The zero-order chi connectivity index (χ0) is 18.2. The van der Waals surface area contributed by atoms with E-state index in [0.717, 1.165) is 5.56 Å². The third-order valence-corrected chi connectivity index (χ3v) is 5.97. The van der Waals surface area contributed by atoms with Gasteiger partial charge in [0.2, 0.25) is 10.0 Å². The van der Waals surface area contributed by atoms with Gasteiger partial charge in [-0.2, -0.15) is 0 Å². The number of halogens is 1. The van der Waals surface area contributed by atoms with Gasteiger partial charge in [0, 0.05) is 0 Å². The van der Waals surface area contributed by atoms with Crippen molar-refractivity contribution in [2.24, 2.45) is 0 Å². The molecule has 1 heterocycles. The predicted molar refractivity (Wildman–Crippen MR) is 89.9 cm³/mol. The molecule has 3 unspecified atom stereocenters. The number of alkyl halides is 1. The lowest BCUT2D eigenvalue weighted by Crippen LogP contribution is -2.30. The second-order valence-corrected chi connectivity index (χ2v) is 7.64. The van der Waals surface area contributed by atoms with E-state index in [1.807, 2.05) is 6.92 Å². The smallest absolute Gasteiger partial charge is 0.362 e. The first kappa shape index (κ1) is 17.6. The molecule has 0 spiro atoms. The van der Waals surface area contributed by atoms with E-state index in [0.29, 0.717) is 9.87 Å². The number of carbonyl (C=O) groups excluding carboxylic acids is 1. The van der Waals surface area contributed by atoms with E-state index in [-0.39, 0.29) is 11.5 Å². The van der Waals surface area contributed by atoms with Gasteiger partial charge in [-0.25, -0.2) is 17.6 Å². The molecule has 0 radical (unpaired) electrons. The minimum absolute atomic E-state index is 0.0373. The molecule has 0 saturated carbocycles. The van der Waals surface area contributed by atoms with Gasteiger partial charge in [0.15, 0.2) is 0 Å². The van der Waals surface area contributed by atoms with E-state index >= 15 is 4.39 Å². The number of benzene rings is 2. The molecule has 132 valence electrons. The van der Waals surface area contributed by atoms with Gasteiger partial charge in [-0.15, -0.1) is 4.31 Å². The van der Waals surface area contributed by atoms with E-state index < -0.39 is 27.8 Å². The summed E-state index contributed by atoms with van der Waals surface area (Å²) in [5.74, 6) is -3.93. The van der Waals surface area contributed by atoms with Gasteiger partial charge in [0.25, 0.3) is 5.79 Å². The average molecular weight is 363 g/mol. The van der Waals surface area contributed by atoms with Gasteiger partial charge in [-0.3, -0.25) is 0 Å². The topological polar surface area (TPSA) is 63.5 Å². The van der Waals surface area contributed by atoms with Crippen LogP contribution in [0.1, 0.15) is 24.1 Å². The fourth-order valence-electron chi connectivity index (χ4n) is 2.81. The first-order valence-electron chi connectivity index (χ1n) is 7.85. The van der Waals surface area contributed by atoms with Crippen LogP contribution in [-0.2, 0) is 19.6 Å². The standard InChI is InChI=1S/C18H18FNO4S/c1-3-24-17(21)18(19)16(14-7-5-4-6-8-14)20(18)25(22,23)15-11-9-13(2)10-12-15/h4-12,16H,3H2,1-2H3. The highest BCUT2D eigenvalue weighted by molar-refractivity contribution is 7.89. The molecular formula is C18H18FNO4S. The van der Waals surface area contributed by atoms with E-state index in [1.54, 1.807) is 49.4 Å². The highest BCUT2D eigenvalue weighted by Crippen LogP contribution is 2.58. The largest absolute Gasteiger partial charge is 0.463 e. The Bertz CT molecular complexity index is 883. The van der Waals surface area contributed by atoms with Crippen LogP contribution >= 0.6 is 0 Å². The van der Waals surface area contributed by atoms with Crippen LogP contribution in [-0.4, -0.2) is 31.1 Å². The number of esters is 1. The zero-order valence-electron chi connectivity index (χ0n) is 13.8. The maximum Gasteiger partial charge on any atom is 0.362 e. The van der Waals surface area contributed by atoms with Crippen molar-refractivity contribution in [3.8, 4) is 0 Å². The van der Waals surface area contributed by atoms with Gasteiger partial charge < -0.3 is 4.74 Å². The van der Waals surface area contributed by atoms with Crippen LogP contribution in [0.25, 0.3) is 0 Å². The van der Waals surface area contributed by atoms with Crippen LogP contribution in [0.2, 0.25) is 0 Å². The van der Waals surface area contributed by atoms with Crippen LogP contribution in [0, 0.1) is 6.92 Å². The summed E-state index contributed by atoms with van der Waals surface area (Å²) in [7, 11) is -4.19. The van der Waals surface area contributed by atoms with Crippen molar-refractivity contribution in [1.29, 1.82) is 0 Å². The highest BCUT2D eigenvalue weighted by Gasteiger charge is 2.77. The third-order valence-electron chi connectivity index (χ3n) is 4.10. The first-order chi connectivity index (χ1) is 11.8. The molecule has 5 nitrogen and oxygen atoms in total. The Morgan fingerprint density at radius 1 is 1.16 bits per heavy atom. The summed E-state index contributed by atoms with van der Waals surface area (Å²) in [6.45, 7) is 3.32. The lowest BCUT2D eigenvalue weighted by molar-refractivity contribution is -0.152. The van der Waals surface area contributed by atoms with Gasteiger partial charge in [-0.05, 0) is 31.5 Å². The maximum absolute atomic E-state index is 15.4. The number of nitrogens with zero attached hydrogens (tertiary/aromatic N) is 1. The van der Waals surface area contributed by atoms with Crippen molar-refractivity contribution in [3.63, 3.8) is 0 Å². The fourth-order valence-corrected chi connectivity index (χ4v) is 4.53. The molecule has 2 aromatic carbocycles. The Morgan fingerprint density at radius 3 is 2.32 bits per heavy atom. The summed E-state index contributed by atoms with van der Waals surface area (Å²) < 4.78 is 46.6. The molecule has 3 atom stereocenters. The van der Waals surface area contributed by atoms with Crippen molar-refractivity contribution >= 4 is 16.0 Å². The molecule has 1 aliphatic rings. The van der Waals surface area contributed by atoms with E-state index in [2.05, 4.69) is 0 Å². The summed E-state index contributed by atoms with van der Waals surface area (Å²) in [4.78, 5) is 12.1. The first-order valence-corrected chi connectivity index (χ1v) is 9.29. The van der Waals surface area contributed by atoms with E-state index in [1.165, 1.54) is 12.1 Å². The Hall–Kier alpha value is -2.25. The lowest BCUT2D eigenvalue weighted by atomic mass is 10.1. The molecular weight excluding hydrogens is 345 g/mol. The molecule has 1 saturated heterocycles. The summed E-state index contributed by atoms with van der Waals surface area (Å²) in [6, 6.07) is 13.0. The minimum atomic E-state index is -4.19. The Balaban J connectivity index is 2.05. The summed E-state index contributed by atoms with van der Waals surface area (Å²) in [6.07, 6.45) is 0. The van der Waals surface area contributed by atoms with Crippen LogP contribution < -0.4 is 0 Å². The summed E-state index contributed by atoms with van der Waals surface area (Å²) in [5, 5.41) is 0. The zero-order valence-corrected chi connectivity index (χ0v) is 14.7. The van der Waals surface area contributed by atoms with Crippen LogP contribution in [0.3, 0.4) is 0 Å².